The fraction of sp³-hybridized carbons (Fsp3) is 0.533. The highest BCUT2D eigenvalue weighted by Crippen LogP contribution is 2.12. The number of amides is 1. The molecule has 1 amide bonds. The fourth-order valence-electron chi connectivity index (χ4n) is 1.91. The summed E-state index contributed by atoms with van der Waals surface area (Å²) in [5.41, 5.74) is 6.87. The lowest BCUT2D eigenvalue weighted by molar-refractivity contribution is 0.0938. The third-order valence-electron chi connectivity index (χ3n) is 3.00. The molecule has 1 rings (SSSR count). The number of halogens is 1. The lowest BCUT2D eigenvalue weighted by atomic mass is 10.0. The number of nitrogen functional groups attached to an aromatic ring is 1. The van der Waals surface area contributed by atoms with Crippen LogP contribution in [0.25, 0.3) is 0 Å². The van der Waals surface area contributed by atoms with Crippen molar-refractivity contribution in [2.75, 3.05) is 5.73 Å². The highest BCUT2D eigenvalue weighted by atomic mass is 35.5. The van der Waals surface area contributed by atoms with Crippen molar-refractivity contribution in [3.05, 3.63) is 29.8 Å². The van der Waals surface area contributed by atoms with Crippen LogP contribution >= 0.6 is 12.4 Å². The molecule has 0 aliphatic heterocycles. The molecule has 0 saturated carbocycles. The predicted octanol–water partition coefficient (Wildman–Crippen LogP) is 3.64. The Morgan fingerprint density at radius 3 is 2.42 bits per heavy atom. The maximum Gasteiger partial charge on any atom is 0.253 e. The van der Waals surface area contributed by atoms with Gasteiger partial charge in [0.2, 0.25) is 0 Å². The second kappa shape index (κ2) is 8.81. The van der Waals surface area contributed by atoms with E-state index in [2.05, 4.69) is 19.2 Å². The number of carbonyl (C=O) groups is 1. The van der Waals surface area contributed by atoms with E-state index in [-0.39, 0.29) is 24.4 Å². The van der Waals surface area contributed by atoms with Gasteiger partial charge in [-0.3, -0.25) is 4.79 Å². The lowest BCUT2D eigenvalue weighted by Crippen LogP contribution is -2.33. The van der Waals surface area contributed by atoms with Crippen LogP contribution in [0.4, 0.5) is 5.69 Å². The molecule has 0 fully saturated rings. The first-order chi connectivity index (χ1) is 8.50. The highest BCUT2D eigenvalue weighted by molar-refractivity contribution is 5.99. The van der Waals surface area contributed by atoms with Gasteiger partial charge in [-0.25, -0.2) is 0 Å². The van der Waals surface area contributed by atoms with E-state index < -0.39 is 0 Å². The molecule has 3 N–H and O–H groups in total. The van der Waals surface area contributed by atoms with E-state index in [9.17, 15) is 4.79 Å². The lowest BCUT2D eigenvalue weighted by Gasteiger charge is -2.15. The molecule has 0 bridgehead atoms. The molecule has 0 aliphatic rings. The van der Waals surface area contributed by atoms with Crippen LogP contribution in [0.3, 0.4) is 0 Å². The van der Waals surface area contributed by atoms with Gasteiger partial charge >= 0.3 is 0 Å². The number of hydrogen-bond donors (Lipinski definition) is 2. The second-order valence-corrected chi connectivity index (χ2v) is 5.29. The van der Waals surface area contributed by atoms with Crippen LogP contribution in [0.15, 0.2) is 24.3 Å². The van der Waals surface area contributed by atoms with Crippen LogP contribution in [0, 0.1) is 5.92 Å². The Hall–Kier alpha value is -1.22. The van der Waals surface area contributed by atoms with Gasteiger partial charge in [-0.15, -0.1) is 12.4 Å². The minimum Gasteiger partial charge on any atom is -0.398 e. The number of para-hydroxylation sites is 1. The number of carbonyl (C=O) groups excluding carboxylic acids is 1. The molecular weight excluding hydrogens is 260 g/mol. The van der Waals surface area contributed by atoms with Gasteiger partial charge in [0.15, 0.2) is 0 Å². The summed E-state index contributed by atoms with van der Waals surface area (Å²) in [6, 6.07) is 7.35. The van der Waals surface area contributed by atoms with Crippen molar-refractivity contribution in [1.29, 1.82) is 0 Å². The molecule has 19 heavy (non-hydrogen) atoms. The molecule has 0 aliphatic carbocycles. The fourth-order valence-corrected chi connectivity index (χ4v) is 1.91. The normalized spacial score (nSPS) is 11.8. The maximum atomic E-state index is 12.0. The molecule has 0 spiro atoms. The van der Waals surface area contributed by atoms with E-state index in [0.717, 1.165) is 18.8 Å². The van der Waals surface area contributed by atoms with Crippen LogP contribution in [0.2, 0.25) is 0 Å². The highest BCUT2D eigenvalue weighted by Gasteiger charge is 2.11. The van der Waals surface area contributed by atoms with Gasteiger partial charge in [-0.1, -0.05) is 38.8 Å². The van der Waals surface area contributed by atoms with Gasteiger partial charge in [0.25, 0.3) is 5.91 Å². The van der Waals surface area contributed by atoms with Crippen molar-refractivity contribution in [3.8, 4) is 0 Å². The summed E-state index contributed by atoms with van der Waals surface area (Å²) < 4.78 is 0. The first-order valence-corrected chi connectivity index (χ1v) is 6.66. The summed E-state index contributed by atoms with van der Waals surface area (Å²) in [5.74, 6) is 0.641. The molecule has 0 saturated heterocycles. The Bertz CT molecular complexity index is 393. The van der Waals surface area contributed by atoms with E-state index >= 15 is 0 Å². The summed E-state index contributed by atoms with van der Waals surface area (Å²) in [5, 5.41) is 2.99. The molecule has 4 heteroatoms. The molecule has 1 atom stereocenters. The Morgan fingerprint density at radius 1 is 1.21 bits per heavy atom. The summed E-state index contributed by atoms with van der Waals surface area (Å²) in [4.78, 5) is 12.0. The summed E-state index contributed by atoms with van der Waals surface area (Å²) in [7, 11) is 0. The van der Waals surface area contributed by atoms with Crippen molar-refractivity contribution in [2.24, 2.45) is 5.92 Å². The first kappa shape index (κ1) is 17.8. The summed E-state index contributed by atoms with van der Waals surface area (Å²) in [6.07, 6.45) is 3.35. The number of nitrogens with one attached hydrogen (secondary N) is 1. The smallest absolute Gasteiger partial charge is 0.253 e. The Kier molecular flexibility index (Phi) is 8.24. The Balaban J connectivity index is 0.00000324. The molecule has 1 unspecified atom stereocenters. The second-order valence-electron chi connectivity index (χ2n) is 5.29. The first-order valence-electron chi connectivity index (χ1n) is 6.66. The Labute approximate surface area is 122 Å². The number of rotatable bonds is 6. The van der Waals surface area contributed by atoms with Gasteiger partial charge in [0.1, 0.15) is 0 Å². The molecule has 0 radical (unpaired) electrons. The number of anilines is 1. The van der Waals surface area contributed by atoms with Crippen LogP contribution in [0.5, 0.6) is 0 Å². The zero-order chi connectivity index (χ0) is 13.5. The SMILES string of the molecule is CC(C)CCCC(C)NC(=O)c1ccccc1N.Cl. The van der Waals surface area contributed by atoms with Gasteiger partial charge in [0, 0.05) is 11.7 Å². The molecule has 1 aromatic rings. The zero-order valence-corrected chi connectivity index (χ0v) is 12.8. The van der Waals surface area contributed by atoms with Crippen LogP contribution in [-0.2, 0) is 0 Å². The van der Waals surface area contributed by atoms with E-state index in [4.69, 9.17) is 5.73 Å². The van der Waals surface area contributed by atoms with Crippen molar-refractivity contribution < 1.29 is 4.79 Å². The van der Waals surface area contributed by atoms with Gasteiger partial charge in [-0.05, 0) is 31.4 Å². The minimum absolute atomic E-state index is 0. The monoisotopic (exact) mass is 284 g/mol. The number of nitrogens with two attached hydrogens (primary N) is 1. The molecule has 0 aromatic heterocycles. The van der Waals surface area contributed by atoms with E-state index in [1.165, 1.54) is 6.42 Å². The summed E-state index contributed by atoms with van der Waals surface area (Å²) >= 11 is 0. The third-order valence-corrected chi connectivity index (χ3v) is 3.00. The maximum absolute atomic E-state index is 12.0. The van der Waals surface area contributed by atoms with E-state index in [1.54, 1.807) is 12.1 Å². The van der Waals surface area contributed by atoms with Crippen molar-refractivity contribution >= 4 is 24.0 Å². The zero-order valence-electron chi connectivity index (χ0n) is 12.0. The molecule has 0 heterocycles. The minimum atomic E-state index is -0.0786. The van der Waals surface area contributed by atoms with Crippen LogP contribution < -0.4 is 11.1 Å². The van der Waals surface area contributed by atoms with Gasteiger partial charge in [-0.2, -0.15) is 0 Å². The third kappa shape index (κ3) is 6.48. The molecular formula is C15H25ClN2O. The van der Waals surface area contributed by atoms with Crippen LogP contribution in [-0.4, -0.2) is 11.9 Å². The molecule has 3 nitrogen and oxygen atoms in total. The Morgan fingerprint density at radius 2 is 1.84 bits per heavy atom. The van der Waals surface area contributed by atoms with Crippen molar-refractivity contribution in [3.63, 3.8) is 0 Å². The van der Waals surface area contributed by atoms with Gasteiger partial charge < -0.3 is 11.1 Å². The standard InChI is InChI=1S/C15H24N2O.ClH/c1-11(2)7-6-8-12(3)17-15(18)13-9-4-5-10-14(13)16;/h4-5,9-12H,6-8,16H2,1-3H3,(H,17,18);1H. The van der Waals surface area contributed by atoms with Gasteiger partial charge in [0.05, 0.1) is 5.56 Å². The number of hydrogen-bond acceptors (Lipinski definition) is 2. The quantitative estimate of drug-likeness (QED) is 0.784. The predicted molar refractivity (Wildman–Crippen MR) is 83.7 cm³/mol. The average Bonchev–Trinajstić information content (AvgIpc) is 2.28. The van der Waals surface area contributed by atoms with E-state index in [1.807, 2.05) is 19.1 Å². The largest absolute Gasteiger partial charge is 0.398 e. The van der Waals surface area contributed by atoms with Crippen molar-refractivity contribution in [2.45, 2.75) is 46.1 Å². The van der Waals surface area contributed by atoms with Crippen molar-refractivity contribution in [1.82, 2.24) is 5.32 Å². The molecule has 108 valence electrons. The van der Waals surface area contributed by atoms with E-state index in [0.29, 0.717) is 11.3 Å². The summed E-state index contributed by atoms with van der Waals surface area (Å²) in [6.45, 7) is 6.47. The molecule has 1 aromatic carbocycles. The number of benzene rings is 1. The topological polar surface area (TPSA) is 55.1 Å². The van der Waals surface area contributed by atoms with Crippen LogP contribution in [0.1, 0.15) is 50.4 Å². The average molecular weight is 285 g/mol.